The van der Waals surface area contributed by atoms with Crippen LogP contribution in [0.5, 0.6) is 0 Å². The third kappa shape index (κ3) is 47.1. The summed E-state index contributed by atoms with van der Waals surface area (Å²) in [7, 11) is 0. The number of unbranched alkanes of at least 4 members (excludes halogenated alkanes) is 51. The lowest BCUT2D eigenvalue weighted by molar-refractivity contribution is -0.155. The molecule has 1 saturated heterocycles. The second-order valence-corrected chi connectivity index (χ2v) is 23.5. The molecule has 1 fully saturated rings. The molecule has 0 aromatic carbocycles. The van der Waals surface area contributed by atoms with Crippen molar-refractivity contribution in [2.75, 3.05) is 26.4 Å². The van der Waals surface area contributed by atoms with E-state index in [0.717, 1.165) is 25.7 Å². The molecule has 1 heterocycles. The van der Waals surface area contributed by atoms with Gasteiger partial charge in [-0.3, -0.25) is 9.59 Å². The standard InChI is InChI=1S/C66H126O6/c1-2-3-4-5-6-7-8-9-10-11-12-13-14-15-16-17-18-19-20-21-22-23-24-25-26-27-28-29-30-31-32-33-34-35-36-37-38-39-40-41-42-43-44-45-46-47-48-49-50-51-52-53-54-55-56-57-63-58-64(69)71-61-66(59-67,60-68)62-72-65(63)70/h52-53,63,67-68H,2-51,54-62H2,1H3/b53-52+. The molecule has 72 heavy (non-hydrogen) atoms. The fraction of sp³-hybridized carbons (Fsp3) is 0.939. The van der Waals surface area contributed by atoms with Gasteiger partial charge < -0.3 is 19.7 Å². The predicted molar refractivity (Wildman–Crippen MR) is 311 cm³/mol. The second kappa shape index (κ2) is 55.8. The lowest BCUT2D eigenvalue weighted by Gasteiger charge is -2.27. The number of carbonyl (C=O) groups excluding carboxylic acids is 2. The highest BCUT2D eigenvalue weighted by Gasteiger charge is 2.36. The van der Waals surface area contributed by atoms with E-state index in [0.29, 0.717) is 6.42 Å². The number of carbonyl (C=O) groups is 2. The van der Waals surface area contributed by atoms with Crippen LogP contribution in [0.3, 0.4) is 0 Å². The van der Waals surface area contributed by atoms with Gasteiger partial charge in [0, 0.05) is 0 Å². The quantitative estimate of drug-likeness (QED) is 0.0358. The van der Waals surface area contributed by atoms with Gasteiger partial charge in [0.25, 0.3) is 0 Å². The largest absolute Gasteiger partial charge is 0.465 e. The minimum absolute atomic E-state index is 0.0124. The maximum Gasteiger partial charge on any atom is 0.309 e. The van der Waals surface area contributed by atoms with Crippen molar-refractivity contribution in [3.8, 4) is 0 Å². The van der Waals surface area contributed by atoms with Gasteiger partial charge in [0.2, 0.25) is 0 Å². The van der Waals surface area contributed by atoms with Crippen molar-refractivity contribution in [2.24, 2.45) is 11.3 Å². The van der Waals surface area contributed by atoms with Crippen LogP contribution in [0.4, 0.5) is 0 Å². The van der Waals surface area contributed by atoms with E-state index >= 15 is 0 Å². The first-order chi connectivity index (χ1) is 35.6. The summed E-state index contributed by atoms with van der Waals surface area (Å²) in [5.41, 5.74) is -1.13. The Balaban J connectivity index is 1.68. The Kier molecular flexibility index (Phi) is 53.2. The molecule has 1 unspecified atom stereocenters. The Hall–Kier alpha value is -1.40. The monoisotopic (exact) mass is 1010 g/mol. The lowest BCUT2D eigenvalue weighted by atomic mass is 9.92. The molecule has 0 amide bonds. The molecular weight excluding hydrogens is 889 g/mol. The van der Waals surface area contributed by atoms with Gasteiger partial charge >= 0.3 is 11.9 Å². The van der Waals surface area contributed by atoms with Crippen LogP contribution < -0.4 is 0 Å². The molecule has 6 heteroatoms. The number of rotatable bonds is 57. The smallest absolute Gasteiger partial charge is 0.309 e. The molecule has 0 radical (unpaired) electrons. The molecule has 1 aliphatic heterocycles. The summed E-state index contributed by atoms with van der Waals surface area (Å²) in [6, 6.07) is 0. The molecule has 0 saturated carbocycles. The molecular formula is C66H126O6. The Morgan fingerprint density at radius 2 is 0.597 bits per heavy atom. The van der Waals surface area contributed by atoms with Crippen LogP contribution in [0.25, 0.3) is 0 Å². The fourth-order valence-corrected chi connectivity index (χ4v) is 10.9. The van der Waals surface area contributed by atoms with Crippen LogP contribution >= 0.6 is 0 Å². The predicted octanol–water partition coefficient (Wildman–Crippen LogP) is 20.7. The molecule has 1 aliphatic rings. The van der Waals surface area contributed by atoms with Crippen molar-refractivity contribution in [3.63, 3.8) is 0 Å². The van der Waals surface area contributed by atoms with E-state index in [-0.39, 0.29) is 19.6 Å². The maximum atomic E-state index is 12.5. The minimum Gasteiger partial charge on any atom is -0.465 e. The maximum absolute atomic E-state index is 12.5. The minimum atomic E-state index is -1.13. The first-order valence-electron chi connectivity index (χ1n) is 32.8. The van der Waals surface area contributed by atoms with Gasteiger partial charge in [-0.2, -0.15) is 0 Å². The van der Waals surface area contributed by atoms with Crippen molar-refractivity contribution in [1.29, 1.82) is 0 Å². The highest BCUT2D eigenvalue weighted by Crippen LogP contribution is 2.25. The first kappa shape index (κ1) is 68.6. The summed E-state index contributed by atoms with van der Waals surface area (Å²) in [5, 5.41) is 19.2. The molecule has 0 spiro atoms. The van der Waals surface area contributed by atoms with Gasteiger partial charge in [-0.25, -0.2) is 0 Å². The van der Waals surface area contributed by atoms with E-state index in [1.807, 2.05) is 0 Å². The summed E-state index contributed by atoms with van der Waals surface area (Å²) in [6.07, 6.45) is 80.3. The number of allylic oxidation sites excluding steroid dienone is 2. The molecule has 1 atom stereocenters. The number of aliphatic hydroxyl groups is 2. The Bertz CT molecular complexity index is 1130. The van der Waals surface area contributed by atoms with Gasteiger partial charge in [0.05, 0.1) is 31.0 Å². The van der Waals surface area contributed by atoms with E-state index < -0.39 is 36.5 Å². The average molecular weight is 1020 g/mol. The summed E-state index contributed by atoms with van der Waals surface area (Å²) >= 11 is 0. The number of hydrogen-bond acceptors (Lipinski definition) is 6. The SMILES string of the molecule is CCCCCCCCCCCCCCCCCCCCCCCCCCCCCCCCCCCCCCCCCCCCCCCCCCC/C=C/CCCCC1CC(=O)OCC(CO)(CO)COC1=O. The molecule has 0 aromatic rings. The topological polar surface area (TPSA) is 93.1 Å². The van der Waals surface area contributed by atoms with Gasteiger partial charge in [0.1, 0.15) is 13.2 Å². The van der Waals surface area contributed by atoms with Crippen LogP contribution in [0.2, 0.25) is 0 Å². The Morgan fingerprint density at radius 3 is 0.861 bits per heavy atom. The Morgan fingerprint density at radius 1 is 0.361 bits per heavy atom. The molecule has 0 bridgehead atoms. The van der Waals surface area contributed by atoms with Crippen LogP contribution in [-0.4, -0.2) is 48.6 Å². The molecule has 6 nitrogen and oxygen atoms in total. The van der Waals surface area contributed by atoms with Gasteiger partial charge in [0.15, 0.2) is 0 Å². The third-order valence-corrected chi connectivity index (χ3v) is 16.3. The molecule has 0 aromatic heterocycles. The number of cyclic esters (lactones) is 2. The Labute approximate surface area is 449 Å². The van der Waals surface area contributed by atoms with E-state index in [1.54, 1.807) is 0 Å². The van der Waals surface area contributed by atoms with E-state index in [4.69, 9.17) is 9.47 Å². The van der Waals surface area contributed by atoms with Gasteiger partial charge in [-0.05, 0) is 32.1 Å². The highest BCUT2D eigenvalue weighted by atomic mass is 16.6. The second-order valence-electron chi connectivity index (χ2n) is 23.5. The highest BCUT2D eigenvalue weighted by molar-refractivity contribution is 5.80. The van der Waals surface area contributed by atoms with Crippen LogP contribution in [0, 0.1) is 11.3 Å². The van der Waals surface area contributed by atoms with Gasteiger partial charge in [-0.15, -0.1) is 0 Å². The summed E-state index contributed by atoms with van der Waals surface area (Å²) in [6.45, 7) is 1.18. The molecule has 0 aliphatic carbocycles. The summed E-state index contributed by atoms with van der Waals surface area (Å²) in [4.78, 5) is 24.7. The zero-order valence-electron chi connectivity index (χ0n) is 48.5. The van der Waals surface area contributed by atoms with Crippen molar-refractivity contribution < 1.29 is 29.3 Å². The van der Waals surface area contributed by atoms with Crippen molar-refractivity contribution in [1.82, 2.24) is 0 Å². The average Bonchev–Trinajstić information content (AvgIpc) is 3.45. The summed E-state index contributed by atoms with van der Waals surface area (Å²) < 4.78 is 10.6. The van der Waals surface area contributed by atoms with E-state index in [1.165, 1.54) is 315 Å². The van der Waals surface area contributed by atoms with Crippen molar-refractivity contribution in [2.45, 2.75) is 360 Å². The molecule has 1 rings (SSSR count). The first-order valence-corrected chi connectivity index (χ1v) is 32.8. The number of hydrogen-bond donors (Lipinski definition) is 2. The van der Waals surface area contributed by atoms with Crippen molar-refractivity contribution in [3.05, 3.63) is 12.2 Å². The molecule has 2 N–H and O–H groups in total. The lowest BCUT2D eigenvalue weighted by Crippen LogP contribution is -2.40. The zero-order chi connectivity index (χ0) is 51.8. The third-order valence-electron chi connectivity index (χ3n) is 16.3. The van der Waals surface area contributed by atoms with Gasteiger partial charge in [-0.1, -0.05) is 334 Å². The van der Waals surface area contributed by atoms with Crippen LogP contribution in [-0.2, 0) is 19.1 Å². The van der Waals surface area contributed by atoms with Crippen LogP contribution in [0.1, 0.15) is 360 Å². The normalized spacial score (nSPS) is 15.2. The zero-order valence-corrected chi connectivity index (χ0v) is 48.5. The summed E-state index contributed by atoms with van der Waals surface area (Å²) in [5.74, 6) is -1.45. The van der Waals surface area contributed by atoms with Crippen molar-refractivity contribution >= 4 is 11.9 Å². The van der Waals surface area contributed by atoms with Crippen LogP contribution in [0.15, 0.2) is 12.2 Å². The van der Waals surface area contributed by atoms with E-state index in [9.17, 15) is 19.8 Å². The van der Waals surface area contributed by atoms with E-state index in [2.05, 4.69) is 19.1 Å². The number of aliphatic hydroxyl groups excluding tert-OH is 2. The molecule has 426 valence electrons. The number of ether oxygens (including phenoxy) is 2. The fourth-order valence-electron chi connectivity index (χ4n) is 10.9. The number of esters is 2.